The normalized spacial score (nSPS) is 14.8. The summed E-state index contributed by atoms with van der Waals surface area (Å²) in [5.41, 5.74) is 1.90. The number of halogens is 1. The lowest BCUT2D eigenvalue weighted by molar-refractivity contribution is -0.136. The van der Waals surface area contributed by atoms with Gasteiger partial charge in [-0.15, -0.1) is 0 Å². The van der Waals surface area contributed by atoms with Crippen molar-refractivity contribution < 1.29 is 28.2 Å². The van der Waals surface area contributed by atoms with Gasteiger partial charge in [0.15, 0.2) is 4.80 Å². The van der Waals surface area contributed by atoms with Crippen LogP contribution < -0.4 is 19.6 Å². The zero-order valence-corrected chi connectivity index (χ0v) is 26.5. The number of thiazole rings is 1. The van der Waals surface area contributed by atoms with E-state index >= 15 is 0 Å². The second-order valence-corrected chi connectivity index (χ2v) is 11.8. The fourth-order valence-electron chi connectivity index (χ4n) is 4.86. The molecule has 44 heavy (non-hydrogen) atoms. The number of hydrogen-bond acceptors (Lipinski definition) is 9. The van der Waals surface area contributed by atoms with Gasteiger partial charge in [0.2, 0.25) is 0 Å². The molecule has 0 amide bonds. The molecule has 5 rings (SSSR count). The number of esters is 2. The van der Waals surface area contributed by atoms with Crippen LogP contribution in [0.3, 0.4) is 0 Å². The minimum absolute atomic E-state index is 0.214. The van der Waals surface area contributed by atoms with E-state index in [0.717, 1.165) is 6.42 Å². The summed E-state index contributed by atoms with van der Waals surface area (Å²) in [6.45, 7) is 7.71. The number of ether oxygens (including phenoxy) is 3. The van der Waals surface area contributed by atoms with Crippen molar-refractivity contribution in [3.63, 3.8) is 0 Å². The van der Waals surface area contributed by atoms with Crippen LogP contribution in [-0.2, 0) is 14.3 Å². The molecule has 11 heteroatoms. The molecule has 3 heterocycles. The summed E-state index contributed by atoms with van der Waals surface area (Å²) in [4.78, 5) is 44.5. The van der Waals surface area contributed by atoms with Crippen molar-refractivity contribution >= 4 is 41.0 Å². The molecule has 2 aromatic heterocycles. The molecule has 0 unspecified atom stereocenters. The summed E-state index contributed by atoms with van der Waals surface area (Å²) < 4.78 is 24.3. The Kier molecular flexibility index (Phi) is 9.22. The van der Waals surface area contributed by atoms with Gasteiger partial charge in [0.1, 0.15) is 23.3 Å². The van der Waals surface area contributed by atoms with E-state index in [-0.39, 0.29) is 17.2 Å². The molecular weight excluding hydrogens is 604 g/mol. The van der Waals surface area contributed by atoms with Crippen LogP contribution in [0.2, 0.25) is 5.02 Å². The van der Waals surface area contributed by atoms with E-state index in [1.807, 2.05) is 13.0 Å². The first-order valence-electron chi connectivity index (χ1n) is 14.1. The molecule has 228 valence electrons. The smallest absolute Gasteiger partial charge is 0.338 e. The molecule has 0 saturated carbocycles. The predicted molar refractivity (Wildman–Crippen MR) is 168 cm³/mol. The van der Waals surface area contributed by atoms with Crippen molar-refractivity contribution in [3.8, 4) is 17.1 Å². The average Bonchev–Trinajstić information content (AvgIpc) is 3.59. The Hall–Kier alpha value is -4.41. The highest BCUT2D eigenvalue weighted by molar-refractivity contribution is 7.07. The maximum Gasteiger partial charge on any atom is 0.338 e. The summed E-state index contributed by atoms with van der Waals surface area (Å²) in [6, 6.07) is 14.7. The third-order valence-electron chi connectivity index (χ3n) is 6.78. The first-order chi connectivity index (χ1) is 21.1. The van der Waals surface area contributed by atoms with E-state index < -0.39 is 18.0 Å². The quantitative estimate of drug-likeness (QED) is 0.218. The van der Waals surface area contributed by atoms with Gasteiger partial charge in [-0.05, 0) is 69.7 Å². The number of aromatic nitrogens is 1. The number of allylic oxidation sites excluding steroid dienone is 1. The van der Waals surface area contributed by atoms with Crippen molar-refractivity contribution in [2.75, 3.05) is 13.7 Å². The largest absolute Gasteiger partial charge is 0.493 e. The molecule has 0 saturated heterocycles. The number of nitrogens with zero attached hydrogens (tertiary/aromatic N) is 2. The molecule has 0 fully saturated rings. The number of fused-ring (bicyclic) bond motifs is 1. The summed E-state index contributed by atoms with van der Waals surface area (Å²) in [5.74, 6) is 0.412. The summed E-state index contributed by atoms with van der Waals surface area (Å²) in [6.07, 6.45) is 2.15. The Labute approximate surface area is 262 Å². The first kappa shape index (κ1) is 31.0. The lowest BCUT2D eigenvalue weighted by atomic mass is 9.95. The Morgan fingerprint density at radius 2 is 1.93 bits per heavy atom. The van der Waals surface area contributed by atoms with E-state index in [9.17, 15) is 14.4 Å². The van der Waals surface area contributed by atoms with Crippen LogP contribution in [0.15, 0.2) is 80.1 Å². The Bertz CT molecular complexity index is 1950. The van der Waals surface area contributed by atoms with Crippen LogP contribution in [0.4, 0.5) is 0 Å². The number of rotatable bonds is 9. The second-order valence-electron chi connectivity index (χ2n) is 10.3. The first-order valence-corrected chi connectivity index (χ1v) is 15.2. The SMILES string of the molecule is CCCOc1ccc(Cl)cc1[C@H]1C(C(=O)OC)=C(C)N=c2s/c(=C/c3ccc(-c4cccc(C(=O)OC(C)C)c4)o3)c(=O)n21. The van der Waals surface area contributed by atoms with Crippen molar-refractivity contribution in [3.05, 3.63) is 107 Å². The molecule has 9 nitrogen and oxygen atoms in total. The van der Waals surface area contributed by atoms with Gasteiger partial charge in [0.25, 0.3) is 5.56 Å². The molecule has 0 spiro atoms. The van der Waals surface area contributed by atoms with Crippen LogP contribution in [0.25, 0.3) is 17.4 Å². The number of benzene rings is 2. The maximum absolute atomic E-state index is 14.0. The zero-order valence-electron chi connectivity index (χ0n) is 24.9. The Morgan fingerprint density at radius 3 is 2.66 bits per heavy atom. The molecule has 0 N–H and O–H groups in total. The van der Waals surface area contributed by atoms with Gasteiger partial charge >= 0.3 is 11.9 Å². The van der Waals surface area contributed by atoms with E-state index in [2.05, 4.69) is 4.99 Å². The third kappa shape index (κ3) is 6.27. The summed E-state index contributed by atoms with van der Waals surface area (Å²) >= 11 is 7.58. The maximum atomic E-state index is 14.0. The zero-order chi connectivity index (χ0) is 31.5. The van der Waals surface area contributed by atoms with Crippen LogP contribution in [-0.4, -0.2) is 36.3 Å². The molecular formula is C33H31ClN2O7S. The Morgan fingerprint density at radius 1 is 1.14 bits per heavy atom. The number of carbonyl (C=O) groups is 2. The predicted octanol–water partition coefficient (Wildman–Crippen LogP) is 5.68. The van der Waals surface area contributed by atoms with Crippen LogP contribution in [0.1, 0.15) is 61.8 Å². The molecule has 1 aliphatic heterocycles. The van der Waals surface area contributed by atoms with Crippen molar-refractivity contribution in [2.45, 2.75) is 46.3 Å². The van der Waals surface area contributed by atoms with Crippen molar-refractivity contribution in [1.82, 2.24) is 4.57 Å². The molecule has 1 atom stereocenters. The van der Waals surface area contributed by atoms with E-state index in [4.69, 9.17) is 30.2 Å². The van der Waals surface area contributed by atoms with Gasteiger partial charge in [-0.25, -0.2) is 14.6 Å². The van der Waals surface area contributed by atoms with Gasteiger partial charge in [-0.2, -0.15) is 0 Å². The van der Waals surface area contributed by atoms with Crippen LogP contribution in [0, 0.1) is 0 Å². The summed E-state index contributed by atoms with van der Waals surface area (Å²) in [5, 5.41) is 0.425. The number of hydrogen-bond donors (Lipinski definition) is 0. The second kappa shape index (κ2) is 13.1. The fourth-order valence-corrected chi connectivity index (χ4v) is 6.07. The number of carbonyl (C=O) groups excluding carboxylic acids is 2. The molecule has 2 aromatic carbocycles. The Balaban J connectivity index is 1.60. The summed E-state index contributed by atoms with van der Waals surface area (Å²) in [7, 11) is 1.29. The average molecular weight is 635 g/mol. The highest BCUT2D eigenvalue weighted by Crippen LogP contribution is 2.37. The molecule has 4 aromatic rings. The number of furan rings is 1. The van der Waals surface area contributed by atoms with Gasteiger partial charge in [0.05, 0.1) is 41.2 Å². The molecule has 1 aliphatic rings. The fraction of sp³-hybridized carbons (Fsp3) is 0.273. The van der Waals surface area contributed by atoms with Crippen molar-refractivity contribution in [2.24, 2.45) is 4.99 Å². The van der Waals surface area contributed by atoms with Crippen molar-refractivity contribution in [1.29, 1.82) is 0 Å². The highest BCUT2D eigenvalue weighted by atomic mass is 35.5. The lowest BCUT2D eigenvalue weighted by Crippen LogP contribution is -2.40. The lowest BCUT2D eigenvalue weighted by Gasteiger charge is -2.26. The molecule has 0 bridgehead atoms. The van der Waals surface area contributed by atoms with Gasteiger partial charge in [-0.3, -0.25) is 9.36 Å². The van der Waals surface area contributed by atoms with E-state index in [0.29, 0.717) is 60.6 Å². The van der Waals surface area contributed by atoms with Gasteiger partial charge < -0.3 is 18.6 Å². The van der Waals surface area contributed by atoms with E-state index in [1.54, 1.807) is 75.4 Å². The molecule has 0 radical (unpaired) electrons. The monoisotopic (exact) mass is 634 g/mol. The topological polar surface area (TPSA) is 109 Å². The van der Waals surface area contributed by atoms with Crippen LogP contribution >= 0.6 is 22.9 Å². The van der Waals surface area contributed by atoms with Gasteiger partial charge in [0, 0.05) is 22.2 Å². The molecule has 0 aliphatic carbocycles. The number of methoxy groups -OCH3 is 1. The third-order valence-corrected chi connectivity index (χ3v) is 8.00. The van der Waals surface area contributed by atoms with E-state index in [1.165, 1.54) is 23.0 Å². The highest BCUT2D eigenvalue weighted by Gasteiger charge is 2.35. The standard InChI is InChI=1S/C33H31ClN2O7S/c1-6-14-41-26-12-10-22(34)16-24(26)29-28(32(39)40-5)19(4)35-33-36(29)30(37)27(44-33)17-23-11-13-25(43-23)20-8-7-9-21(15-20)31(38)42-18(2)3/h7-13,15-18,29H,6,14H2,1-5H3/b27-17+/t29-/m0/s1. The minimum Gasteiger partial charge on any atom is -0.493 e. The van der Waals surface area contributed by atoms with Gasteiger partial charge in [-0.1, -0.05) is 42.0 Å². The minimum atomic E-state index is -0.882. The van der Waals surface area contributed by atoms with Crippen LogP contribution in [0.5, 0.6) is 5.75 Å².